The van der Waals surface area contributed by atoms with Crippen LogP contribution in [0.1, 0.15) is 107 Å². The second-order valence-electron chi connectivity index (χ2n) is 9.78. The van der Waals surface area contributed by atoms with Gasteiger partial charge in [-0.25, -0.2) is 0 Å². The lowest BCUT2D eigenvalue weighted by molar-refractivity contribution is -0.137. The number of carboxylic acids is 1. The van der Waals surface area contributed by atoms with Crippen molar-refractivity contribution in [1.82, 2.24) is 0 Å². The topological polar surface area (TPSA) is 77.8 Å². The van der Waals surface area contributed by atoms with Crippen LogP contribution in [-0.4, -0.2) is 32.8 Å². The number of halogens is 1. The van der Waals surface area contributed by atoms with E-state index in [-0.39, 0.29) is 23.6 Å². The fourth-order valence-electron chi connectivity index (χ4n) is 5.72. The molecule has 2 aliphatic carbocycles. The molecular formula is C26H39ClO4. The molecule has 0 radical (unpaired) electrons. The van der Waals surface area contributed by atoms with Gasteiger partial charge < -0.3 is 15.3 Å². The fraction of sp³-hybridized carbons (Fsp3) is 0.731. The van der Waals surface area contributed by atoms with Crippen molar-refractivity contribution in [2.75, 3.05) is 0 Å². The Balaban J connectivity index is 1.54. The minimum atomic E-state index is -0.730. The van der Waals surface area contributed by atoms with Crippen LogP contribution in [0.25, 0.3) is 0 Å². The maximum absolute atomic E-state index is 10.7. The Kier molecular flexibility index (Phi) is 9.68. The van der Waals surface area contributed by atoms with Gasteiger partial charge in [0.15, 0.2) is 0 Å². The fourth-order valence-corrected chi connectivity index (χ4v) is 6.18. The highest BCUT2D eigenvalue weighted by molar-refractivity contribution is 6.21. The third-order valence-corrected chi connectivity index (χ3v) is 7.97. The number of benzene rings is 1. The summed E-state index contributed by atoms with van der Waals surface area (Å²) in [5.41, 5.74) is 2.08. The zero-order chi connectivity index (χ0) is 22.2. The second-order valence-corrected chi connectivity index (χ2v) is 10.3. The Morgan fingerprint density at radius 3 is 2.39 bits per heavy atom. The lowest BCUT2D eigenvalue weighted by Crippen LogP contribution is -2.19. The molecule has 3 rings (SSSR count). The van der Waals surface area contributed by atoms with Crippen molar-refractivity contribution in [3.8, 4) is 0 Å². The molecule has 2 aliphatic rings. The first-order chi connectivity index (χ1) is 15.0. The second kappa shape index (κ2) is 12.2. The van der Waals surface area contributed by atoms with E-state index in [1.54, 1.807) is 0 Å². The minimum Gasteiger partial charge on any atom is -0.481 e. The molecule has 5 atom stereocenters. The first kappa shape index (κ1) is 24.5. The largest absolute Gasteiger partial charge is 0.481 e. The number of carbonyl (C=O) groups is 1. The van der Waals surface area contributed by atoms with Crippen LogP contribution in [0.4, 0.5) is 0 Å². The first-order valence-corrected chi connectivity index (χ1v) is 12.7. The minimum absolute atomic E-state index is 0.0319. The van der Waals surface area contributed by atoms with E-state index in [2.05, 4.69) is 12.1 Å². The number of unbranched alkanes of at least 4 members (excludes halogenated alkanes) is 3. The maximum Gasteiger partial charge on any atom is 0.303 e. The van der Waals surface area contributed by atoms with E-state index in [4.69, 9.17) is 16.7 Å². The van der Waals surface area contributed by atoms with E-state index in [1.807, 2.05) is 12.1 Å². The van der Waals surface area contributed by atoms with Crippen molar-refractivity contribution in [3.05, 3.63) is 35.4 Å². The average Bonchev–Trinajstić information content (AvgIpc) is 3.04. The van der Waals surface area contributed by atoms with Crippen LogP contribution < -0.4 is 0 Å². The van der Waals surface area contributed by atoms with Gasteiger partial charge in [0.05, 0.1) is 12.2 Å². The van der Waals surface area contributed by atoms with Gasteiger partial charge in [-0.2, -0.15) is 0 Å². The van der Waals surface area contributed by atoms with Crippen LogP contribution in [-0.2, 0) is 4.79 Å². The Morgan fingerprint density at radius 2 is 1.71 bits per heavy atom. The lowest BCUT2D eigenvalue weighted by atomic mass is 9.82. The quantitative estimate of drug-likeness (QED) is 0.277. The number of aliphatic carboxylic acids is 1. The number of aliphatic hydroxyl groups is 2. The highest BCUT2D eigenvalue weighted by Gasteiger charge is 2.41. The molecule has 174 valence electrons. The van der Waals surface area contributed by atoms with Crippen LogP contribution in [0, 0.1) is 11.8 Å². The highest BCUT2D eigenvalue weighted by atomic mass is 35.5. The summed E-state index contributed by atoms with van der Waals surface area (Å²) in [5.74, 6) is 0.171. The normalized spacial score (nSPS) is 28.0. The molecule has 2 saturated carbocycles. The van der Waals surface area contributed by atoms with Crippen LogP contribution in [0.5, 0.6) is 0 Å². The van der Waals surface area contributed by atoms with Crippen LogP contribution in [0.3, 0.4) is 0 Å². The van der Waals surface area contributed by atoms with Gasteiger partial charge in [-0.1, -0.05) is 75.6 Å². The monoisotopic (exact) mass is 450 g/mol. The van der Waals surface area contributed by atoms with Crippen molar-refractivity contribution in [2.45, 2.75) is 107 Å². The molecule has 0 heterocycles. The van der Waals surface area contributed by atoms with Crippen LogP contribution in [0.2, 0.25) is 0 Å². The van der Waals surface area contributed by atoms with Gasteiger partial charge >= 0.3 is 5.97 Å². The van der Waals surface area contributed by atoms with Crippen molar-refractivity contribution >= 4 is 17.6 Å². The molecule has 1 aromatic rings. The van der Waals surface area contributed by atoms with Gasteiger partial charge in [0.1, 0.15) is 0 Å². The van der Waals surface area contributed by atoms with E-state index < -0.39 is 18.2 Å². The van der Waals surface area contributed by atoms with E-state index in [9.17, 15) is 15.0 Å². The van der Waals surface area contributed by atoms with Crippen molar-refractivity contribution in [2.24, 2.45) is 11.8 Å². The Morgan fingerprint density at radius 1 is 1.03 bits per heavy atom. The van der Waals surface area contributed by atoms with Crippen LogP contribution >= 0.6 is 11.6 Å². The number of aliphatic hydroxyl groups excluding tert-OH is 2. The average molecular weight is 451 g/mol. The molecule has 0 spiro atoms. The molecule has 1 aromatic carbocycles. The molecule has 4 nitrogen and oxygen atoms in total. The molecule has 31 heavy (non-hydrogen) atoms. The number of hydrogen-bond acceptors (Lipinski definition) is 3. The van der Waals surface area contributed by atoms with Gasteiger partial charge in [-0.05, 0) is 48.6 Å². The molecule has 0 amide bonds. The van der Waals surface area contributed by atoms with Crippen molar-refractivity contribution in [1.29, 1.82) is 0 Å². The first-order valence-electron chi connectivity index (χ1n) is 12.3. The molecule has 0 aliphatic heterocycles. The van der Waals surface area contributed by atoms with E-state index in [0.717, 1.165) is 49.7 Å². The summed E-state index contributed by atoms with van der Waals surface area (Å²) in [7, 11) is 0. The van der Waals surface area contributed by atoms with Gasteiger partial charge in [0.25, 0.3) is 0 Å². The van der Waals surface area contributed by atoms with Crippen molar-refractivity contribution < 1.29 is 20.1 Å². The predicted octanol–water partition coefficient (Wildman–Crippen LogP) is 6.19. The lowest BCUT2D eigenvalue weighted by Gasteiger charge is -2.26. The summed E-state index contributed by atoms with van der Waals surface area (Å²) >= 11 is 6.61. The molecule has 1 unspecified atom stereocenters. The molecule has 0 bridgehead atoms. The number of alkyl halides is 1. The molecule has 3 N–H and O–H groups in total. The molecular weight excluding hydrogens is 412 g/mol. The third-order valence-electron chi connectivity index (χ3n) is 7.47. The Bertz CT molecular complexity index is 670. The summed E-state index contributed by atoms with van der Waals surface area (Å²) in [6, 6.07) is 8.20. The third kappa shape index (κ3) is 7.20. The summed E-state index contributed by atoms with van der Waals surface area (Å²) in [5, 5.41) is 30.1. The van der Waals surface area contributed by atoms with Gasteiger partial charge in [0.2, 0.25) is 0 Å². The summed E-state index contributed by atoms with van der Waals surface area (Å²) in [6.45, 7) is 0. The summed E-state index contributed by atoms with van der Waals surface area (Å²) < 4.78 is 0. The molecule has 0 aromatic heterocycles. The number of hydrogen-bond donors (Lipinski definition) is 3. The smallest absolute Gasteiger partial charge is 0.303 e. The number of carboxylic acid groups (broad SMARTS) is 1. The molecule has 5 heteroatoms. The predicted molar refractivity (Wildman–Crippen MR) is 124 cm³/mol. The van der Waals surface area contributed by atoms with E-state index in [0.29, 0.717) is 12.3 Å². The van der Waals surface area contributed by atoms with Gasteiger partial charge in [-0.15, -0.1) is 11.6 Å². The van der Waals surface area contributed by atoms with Crippen LogP contribution in [0.15, 0.2) is 24.3 Å². The van der Waals surface area contributed by atoms with Gasteiger partial charge in [-0.3, -0.25) is 4.79 Å². The standard InChI is InChI=1S/C26H39ClO4/c27-22-17-24(29)26(21(22)10-6-1-2-7-11-25(30)31)20-14-12-19(13-15-20)23(28)16-18-8-4-3-5-9-18/h12-15,18,21-24,26,28-29H,1-11,16-17H2,(H,30,31)/t21-,22-,23?,24+,26+/m0/s1. The molecule has 0 saturated heterocycles. The SMILES string of the molecule is O=C(O)CCCCCC[C@@H]1[C@@H](c2ccc(C(O)CC3CCCCC3)cc2)[C@H](O)C[C@@H]1Cl. The highest BCUT2D eigenvalue weighted by Crippen LogP contribution is 2.45. The van der Waals surface area contributed by atoms with Gasteiger partial charge in [0, 0.05) is 17.7 Å². The number of rotatable bonds is 11. The van der Waals surface area contributed by atoms with E-state index in [1.165, 1.54) is 32.1 Å². The Hall–Kier alpha value is -1.10. The summed E-state index contributed by atoms with van der Waals surface area (Å²) in [6.07, 6.45) is 11.8. The maximum atomic E-state index is 10.7. The summed E-state index contributed by atoms with van der Waals surface area (Å²) in [4.78, 5) is 10.6. The zero-order valence-electron chi connectivity index (χ0n) is 18.6. The zero-order valence-corrected chi connectivity index (χ0v) is 19.3. The van der Waals surface area contributed by atoms with Crippen molar-refractivity contribution in [3.63, 3.8) is 0 Å². The van der Waals surface area contributed by atoms with E-state index >= 15 is 0 Å². The Labute approximate surface area is 192 Å². The molecule has 2 fully saturated rings.